The summed E-state index contributed by atoms with van der Waals surface area (Å²) in [6, 6.07) is 8.03. The minimum atomic E-state index is -1.06. The predicted molar refractivity (Wildman–Crippen MR) is 129 cm³/mol. The fourth-order valence-corrected chi connectivity index (χ4v) is 4.82. The molecule has 3 aliphatic rings. The SMILES string of the molecule is N=C(N)C1(CCCCCN2CCC(=O)CC2)C=CC=C(C2=Cc3ccccc3NC2)C1=O. The fourth-order valence-electron chi connectivity index (χ4n) is 4.82. The number of hydrogen-bond acceptors (Lipinski definition) is 5. The molecule has 6 nitrogen and oxygen atoms in total. The number of carbonyl (C=O) groups excluding carboxylic acids is 2. The summed E-state index contributed by atoms with van der Waals surface area (Å²) in [5.74, 6) is 0.209. The average molecular weight is 433 g/mol. The summed E-state index contributed by atoms with van der Waals surface area (Å²) in [7, 11) is 0. The van der Waals surface area contributed by atoms with Gasteiger partial charge in [-0.15, -0.1) is 0 Å². The molecule has 4 N–H and O–H groups in total. The molecule has 1 atom stereocenters. The number of hydrogen-bond donors (Lipinski definition) is 3. The van der Waals surface area contributed by atoms with Gasteiger partial charge in [-0.1, -0.05) is 49.3 Å². The van der Waals surface area contributed by atoms with Gasteiger partial charge in [0.1, 0.15) is 17.0 Å². The molecule has 1 unspecified atom stereocenters. The van der Waals surface area contributed by atoms with Gasteiger partial charge in [-0.25, -0.2) is 0 Å². The Labute approximate surface area is 189 Å². The molecule has 1 aliphatic carbocycles. The first kappa shape index (κ1) is 22.2. The number of rotatable bonds is 8. The Bertz CT molecular complexity index is 997. The Morgan fingerprint density at radius 2 is 1.91 bits per heavy atom. The molecular weight excluding hydrogens is 400 g/mol. The molecule has 4 rings (SSSR count). The molecule has 1 aromatic carbocycles. The second kappa shape index (κ2) is 9.65. The van der Waals surface area contributed by atoms with Crippen LogP contribution < -0.4 is 11.1 Å². The van der Waals surface area contributed by atoms with Gasteiger partial charge in [-0.05, 0) is 42.7 Å². The van der Waals surface area contributed by atoms with E-state index in [2.05, 4.69) is 16.3 Å². The van der Waals surface area contributed by atoms with Gasteiger partial charge in [-0.2, -0.15) is 0 Å². The first-order valence-electron chi connectivity index (χ1n) is 11.6. The van der Waals surface area contributed by atoms with E-state index in [-0.39, 0.29) is 11.6 Å². The number of piperidine rings is 1. The number of Topliss-reactive ketones (excluding diaryl/α,β-unsaturated/α-hetero) is 2. The van der Waals surface area contributed by atoms with Crippen molar-refractivity contribution < 1.29 is 9.59 Å². The summed E-state index contributed by atoms with van der Waals surface area (Å²) in [6.07, 6.45) is 12.3. The maximum absolute atomic E-state index is 13.6. The second-order valence-electron chi connectivity index (χ2n) is 8.95. The van der Waals surface area contributed by atoms with Gasteiger partial charge in [0.2, 0.25) is 0 Å². The molecular formula is C26H32N4O2. The monoisotopic (exact) mass is 432 g/mol. The van der Waals surface area contributed by atoms with Crippen molar-refractivity contribution in [2.24, 2.45) is 11.1 Å². The number of ketones is 2. The number of benzene rings is 1. The number of nitrogens with two attached hydrogens (primary N) is 1. The van der Waals surface area contributed by atoms with Crippen molar-refractivity contribution in [3.63, 3.8) is 0 Å². The van der Waals surface area contributed by atoms with Gasteiger partial charge < -0.3 is 16.0 Å². The van der Waals surface area contributed by atoms with Crippen LogP contribution in [0.15, 0.2) is 53.6 Å². The molecule has 2 heterocycles. The number of likely N-dealkylation sites (tertiary alicyclic amines) is 1. The molecule has 1 aromatic rings. The zero-order valence-corrected chi connectivity index (χ0v) is 18.5. The Morgan fingerprint density at radius 1 is 1.12 bits per heavy atom. The van der Waals surface area contributed by atoms with E-state index in [1.807, 2.05) is 42.5 Å². The number of nitrogens with one attached hydrogen (secondary N) is 2. The lowest BCUT2D eigenvalue weighted by Crippen LogP contribution is -2.44. The first-order valence-corrected chi connectivity index (χ1v) is 11.6. The van der Waals surface area contributed by atoms with E-state index < -0.39 is 5.41 Å². The number of unbranched alkanes of at least 4 members (excludes halogenated alkanes) is 2. The fraction of sp³-hybridized carbons (Fsp3) is 0.423. The number of nitrogens with zero attached hydrogens (tertiary/aromatic N) is 1. The largest absolute Gasteiger partial charge is 0.387 e. The quantitative estimate of drug-likeness (QED) is 0.330. The Kier molecular flexibility index (Phi) is 6.70. The first-order chi connectivity index (χ1) is 15.5. The van der Waals surface area contributed by atoms with Crippen LogP contribution in [-0.4, -0.2) is 48.5 Å². The lowest BCUT2D eigenvalue weighted by atomic mass is 9.71. The van der Waals surface area contributed by atoms with Crippen molar-refractivity contribution >= 4 is 29.2 Å². The van der Waals surface area contributed by atoms with Gasteiger partial charge in [0.05, 0.1) is 0 Å². The third-order valence-corrected chi connectivity index (χ3v) is 6.84. The summed E-state index contributed by atoms with van der Waals surface area (Å²) in [5.41, 5.74) is 8.65. The van der Waals surface area contributed by atoms with Crippen LogP contribution >= 0.6 is 0 Å². The van der Waals surface area contributed by atoms with Crippen LogP contribution in [-0.2, 0) is 9.59 Å². The highest BCUT2D eigenvalue weighted by Crippen LogP contribution is 2.38. The van der Waals surface area contributed by atoms with Crippen LogP contribution in [0, 0.1) is 10.8 Å². The van der Waals surface area contributed by atoms with Gasteiger partial charge in [0.15, 0.2) is 5.78 Å². The maximum Gasteiger partial charge on any atom is 0.180 e. The standard InChI is InChI=1S/C26H32N4O2/c27-25(28)26(12-4-1-5-14-30-15-10-21(31)11-16-30)13-6-8-22(24(26)32)20-17-19-7-2-3-9-23(19)29-18-20/h2-3,6-9,13,17,29H,1,4-5,10-12,14-16,18H2,(H3,27,28). The zero-order chi connectivity index (χ0) is 22.6. The van der Waals surface area contributed by atoms with Crippen LogP contribution in [0.1, 0.15) is 44.1 Å². The van der Waals surface area contributed by atoms with Crippen LogP contribution in [0.4, 0.5) is 5.69 Å². The van der Waals surface area contributed by atoms with Crippen molar-refractivity contribution in [2.75, 3.05) is 31.5 Å². The molecule has 0 aromatic heterocycles. The van der Waals surface area contributed by atoms with E-state index >= 15 is 0 Å². The third-order valence-electron chi connectivity index (χ3n) is 6.84. The zero-order valence-electron chi connectivity index (χ0n) is 18.5. The molecule has 6 heteroatoms. The van der Waals surface area contributed by atoms with Gasteiger partial charge >= 0.3 is 0 Å². The average Bonchev–Trinajstić information content (AvgIpc) is 2.80. The number of allylic oxidation sites excluding steroid dienone is 2. The minimum Gasteiger partial charge on any atom is -0.387 e. The van der Waals surface area contributed by atoms with E-state index in [0.717, 1.165) is 55.7 Å². The lowest BCUT2D eigenvalue weighted by molar-refractivity contribution is -0.121. The van der Waals surface area contributed by atoms with Crippen LogP contribution in [0.3, 0.4) is 0 Å². The van der Waals surface area contributed by atoms with Crippen molar-refractivity contribution in [1.29, 1.82) is 5.41 Å². The molecule has 0 spiro atoms. The minimum absolute atomic E-state index is 0.0746. The smallest absolute Gasteiger partial charge is 0.180 e. The number of fused-ring (bicyclic) bond motifs is 1. The van der Waals surface area contributed by atoms with E-state index in [0.29, 0.717) is 37.2 Å². The molecule has 1 fully saturated rings. The van der Waals surface area contributed by atoms with Gasteiger partial charge in [-0.3, -0.25) is 15.0 Å². The van der Waals surface area contributed by atoms with Gasteiger partial charge in [0.25, 0.3) is 0 Å². The van der Waals surface area contributed by atoms with Crippen molar-refractivity contribution in [3.8, 4) is 0 Å². The molecule has 0 radical (unpaired) electrons. The van der Waals surface area contributed by atoms with E-state index in [1.54, 1.807) is 0 Å². The Hall–Kier alpha value is -2.99. The van der Waals surface area contributed by atoms with Crippen molar-refractivity contribution in [1.82, 2.24) is 4.90 Å². The topological polar surface area (TPSA) is 99.3 Å². The predicted octanol–water partition coefficient (Wildman–Crippen LogP) is 3.71. The number of anilines is 1. The Balaban J connectivity index is 1.38. The molecule has 1 saturated heterocycles. The second-order valence-corrected chi connectivity index (χ2v) is 8.95. The molecule has 0 amide bonds. The third kappa shape index (κ3) is 4.60. The lowest BCUT2D eigenvalue weighted by Gasteiger charge is -2.33. The highest BCUT2D eigenvalue weighted by molar-refractivity contribution is 6.19. The number of carbonyl (C=O) groups is 2. The van der Waals surface area contributed by atoms with Crippen molar-refractivity contribution in [3.05, 3.63) is 59.2 Å². The summed E-state index contributed by atoms with van der Waals surface area (Å²) >= 11 is 0. The Morgan fingerprint density at radius 3 is 2.69 bits per heavy atom. The summed E-state index contributed by atoms with van der Waals surface area (Å²) in [6.45, 7) is 3.28. The number of para-hydroxylation sites is 1. The summed E-state index contributed by atoms with van der Waals surface area (Å²) in [5, 5.41) is 11.6. The highest BCUT2D eigenvalue weighted by atomic mass is 16.1. The molecule has 0 bridgehead atoms. The van der Waals surface area contributed by atoms with Gasteiger partial charge in [0, 0.05) is 43.7 Å². The summed E-state index contributed by atoms with van der Waals surface area (Å²) < 4.78 is 0. The van der Waals surface area contributed by atoms with E-state index in [4.69, 9.17) is 11.1 Å². The normalized spacial score (nSPS) is 23.2. The van der Waals surface area contributed by atoms with Crippen molar-refractivity contribution in [2.45, 2.75) is 38.5 Å². The summed E-state index contributed by atoms with van der Waals surface area (Å²) in [4.78, 5) is 27.3. The van der Waals surface area contributed by atoms with Crippen LogP contribution in [0.2, 0.25) is 0 Å². The van der Waals surface area contributed by atoms with Crippen LogP contribution in [0.25, 0.3) is 6.08 Å². The number of amidine groups is 1. The molecule has 2 aliphatic heterocycles. The highest BCUT2D eigenvalue weighted by Gasteiger charge is 2.42. The molecule has 168 valence electrons. The van der Waals surface area contributed by atoms with Crippen LogP contribution in [0.5, 0.6) is 0 Å². The van der Waals surface area contributed by atoms with E-state index in [1.165, 1.54) is 0 Å². The molecule has 0 saturated carbocycles. The van der Waals surface area contributed by atoms with E-state index in [9.17, 15) is 9.59 Å². The maximum atomic E-state index is 13.6. The molecule has 32 heavy (non-hydrogen) atoms.